The van der Waals surface area contributed by atoms with E-state index in [0.717, 1.165) is 12.8 Å². The van der Waals surface area contributed by atoms with Gasteiger partial charge in [-0.05, 0) is 37.5 Å². The average Bonchev–Trinajstić information content (AvgIpc) is 3.42. The summed E-state index contributed by atoms with van der Waals surface area (Å²) in [5.74, 6) is -0.487. The average molecular weight is 437 g/mol. The molecule has 4 rings (SSSR count). The number of hydrogen-bond acceptors (Lipinski definition) is 6. The molecule has 1 amide bonds. The first-order valence-corrected chi connectivity index (χ1v) is 10.8. The van der Waals surface area contributed by atoms with Gasteiger partial charge in [0.05, 0.1) is 31.4 Å². The first kappa shape index (κ1) is 21.9. The summed E-state index contributed by atoms with van der Waals surface area (Å²) in [6.45, 7) is 3.27. The fourth-order valence-corrected chi connectivity index (χ4v) is 4.30. The van der Waals surface area contributed by atoms with Crippen LogP contribution in [-0.2, 0) is 14.3 Å². The molecule has 32 heavy (non-hydrogen) atoms. The van der Waals surface area contributed by atoms with Crippen molar-refractivity contribution < 1.29 is 28.9 Å². The number of Topliss-reactive ketones (excluding diaryl/α,β-unsaturated/α-hetero) is 1. The van der Waals surface area contributed by atoms with Gasteiger partial charge in [0.1, 0.15) is 5.76 Å². The van der Waals surface area contributed by atoms with Crippen LogP contribution in [0.1, 0.15) is 36.9 Å². The molecule has 0 aliphatic carbocycles. The van der Waals surface area contributed by atoms with Gasteiger partial charge in [-0.25, -0.2) is 0 Å². The summed E-state index contributed by atoms with van der Waals surface area (Å²) < 4.78 is 16.8. The van der Waals surface area contributed by atoms with Gasteiger partial charge in [-0.15, -0.1) is 0 Å². The van der Waals surface area contributed by atoms with E-state index in [9.17, 15) is 14.7 Å². The number of aliphatic hydroxyl groups excluding tert-OH is 1. The Morgan fingerprint density at radius 1 is 1.16 bits per heavy atom. The van der Waals surface area contributed by atoms with Gasteiger partial charge >= 0.3 is 0 Å². The molecule has 2 heterocycles. The quantitative estimate of drug-likeness (QED) is 0.404. The Hall–Kier alpha value is -3.32. The number of ketones is 1. The van der Waals surface area contributed by atoms with Gasteiger partial charge in [0.15, 0.2) is 11.5 Å². The van der Waals surface area contributed by atoms with Gasteiger partial charge in [-0.2, -0.15) is 0 Å². The van der Waals surface area contributed by atoms with E-state index in [1.807, 2.05) is 13.0 Å². The monoisotopic (exact) mass is 437 g/mol. The van der Waals surface area contributed by atoms with E-state index in [-0.39, 0.29) is 24.0 Å². The fourth-order valence-electron chi connectivity index (χ4n) is 4.30. The van der Waals surface area contributed by atoms with E-state index in [4.69, 9.17) is 14.2 Å². The van der Waals surface area contributed by atoms with E-state index in [0.29, 0.717) is 35.8 Å². The minimum absolute atomic E-state index is 0.0606. The van der Waals surface area contributed by atoms with Crippen molar-refractivity contribution in [2.75, 3.05) is 26.9 Å². The van der Waals surface area contributed by atoms with Crippen molar-refractivity contribution >= 4 is 17.4 Å². The van der Waals surface area contributed by atoms with Crippen LogP contribution in [-0.4, -0.2) is 54.7 Å². The lowest BCUT2D eigenvalue weighted by atomic mass is 9.95. The lowest BCUT2D eigenvalue weighted by Gasteiger charge is -2.28. The molecule has 2 aliphatic heterocycles. The molecule has 0 saturated carbocycles. The third kappa shape index (κ3) is 4.08. The third-order valence-corrected chi connectivity index (χ3v) is 5.81. The summed E-state index contributed by atoms with van der Waals surface area (Å²) in [7, 11) is 1.54. The Morgan fingerprint density at radius 2 is 1.94 bits per heavy atom. The zero-order valence-corrected chi connectivity index (χ0v) is 18.2. The van der Waals surface area contributed by atoms with Crippen molar-refractivity contribution in [3.63, 3.8) is 0 Å². The van der Waals surface area contributed by atoms with Crippen LogP contribution in [0.3, 0.4) is 0 Å². The maximum atomic E-state index is 13.1. The molecule has 1 N–H and O–H groups in total. The second-order valence-corrected chi connectivity index (χ2v) is 7.80. The third-order valence-electron chi connectivity index (χ3n) is 5.81. The van der Waals surface area contributed by atoms with Crippen molar-refractivity contribution in [1.29, 1.82) is 0 Å². The molecular formula is C25H27NO6. The predicted octanol–water partition coefficient (Wildman–Crippen LogP) is 3.69. The first-order valence-electron chi connectivity index (χ1n) is 10.8. The number of hydrogen-bond donors (Lipinski definition) is 1. The van der Waals surface area contributed by atoms with Crippen LogP contribution in [0.5, 0.6) is 11.5 Å². The molecule has 2 atom stereocenters. The lowest BCUT2D eigenvalue weighted by Crippen LogP contribution is -2.36. The van der Waals surface area contributed by atoms with Crippen LogP contribution in [0.4, 0.5) is 0 Å². The zero-order chi connectivity index (χ0) is 22.7. The van der Waals surface area contributed by atoms with Crippen molar-refractivity contribution in [3.8, 4) is 11.5 Å². The van der Waals surface area contributed by atoms with Gasteiger partial charge in [0.2, 0.25) is 0 Å². The molecule has 0 spiro atoms. The van der Waals surface area contributed by atoms with Crippen molar-refractivity contribution in [2.24, 2.45) is 0 Å². The maximum absolute atomic E-state index is 13.1. The second kappa shape index (κ2) is 9.44. The van der Waals surface area contributed by atoms with Crippen LogP contribution in [0.15, 0.2) is 54.1 Å². The van der Waals surface area contributed by atoms with E-state index in [2.05, 4.69) is 0 Å². The summed E-state index contributed by atoms with van der Waals surface area (Å²) in [5.41, 5.74) is 1.19. The summed E-state index contributed by atoms with van der Waals surface area (Å²) in [6, 6.07) is 13.3. The smallest absolute Gasteiger partial charge is 0.295 e. The number of rotatable bonds is 7. The Kier molecular flexibility index (Phi) is 6.46. The molecule has 0 aromatic heterocycles. The fraction of sp³-hybridized carbons (Fsp3) is 0.360. The van der Waals surface area contributed by atoms with E-state index in [1.165, 1.54) is 12.0 Å². The van der Waals surface area contributed by atoms with Crippen LogP contribution in [0.25, 0.3) is 5.76 Å². The highest BCUT2D eigenvalue weighted by Crippen LogP contribution is 2.42. The second-order valence-electron chi connectivity index (χ2n) is 7.80. The number of methoxy groups -OCH3 is 1. The summed E-state index contributed by atoms with van der Waals surface area (Å²) in [5, 5.41) is 11.1. The number of aliphatic hydroxyl groups is 1. The van der Waals surface area contributed by atoms with Gasteiger partial charge in [0.25, 0.3) is 11.7 Å². The molecule has 2 aromatic carbocycles. The predicted molar refractivity (Wildman–Crippen MR) is 119 cm³/mol. The first-order chi connectivity index (χ1) is 15.5. The van der Waals surface area contributed by atoms with Gasteiger partial charge in [0, 0.05) is 18.7 Å². The highest BCUT2D eigenvalue weighted by molar-refractivity contribution is 6.46. The van der Waals surface area contributed by atoms with E-state index >= 15 is 0 Å². The number of carbonyl (C=O) groups is 2. The molecule has 168 valence electrons. The van der Waals surface area contributed by atoms with E-state index < -0.39 is 17.7 Å². The normalized spacial score (nSPS) is 22.4. The molecule has 7 nitrogen and oxygen atoms in total. The molecular weight excluding hydrogens is 410 g/mol. The number of ether oxygens (including phenoxy) is 3. The number of carbonyl (C=O) groups excluding carboxylic acids is 2. The minimum atomic E-state index is -0.760. The largest absolute Gasteiger partial charge is 0.507 e. The zero-order valence-electron chi connectivity index (χ0n) is 18.2. The minimum Gasteiger partial charge on any atom is -0.507 e. The summed E-state index contributed by atoms with van der Waals surface area (Å²) in [4.78, 5) is 27.7. The SMILES string of the molecule is CCOc1ccc(C2/C(=C(/O)c3ccccc3)C(=O)C(=O)N2CC2CCCO2)cc1OC. The Morgan fingerprint density at radius 3 is 2.59 bits per heavy atom. The molecule has 2 aliphatic rings. The van der Waals surface area contributed by atoms with Gasteiger partial charge in [-0.3, -0.25) is 9.59 Å². The van der Waals surface area contributed by atoms with Crippen molar-refractivity contribution in [3.05, 3.63) is 65.2 Å². The molecule has 2 fully saturated rings. The van der Waals surface area contributed by atoms with Crippen LogP contribution in [0.2, 0.25) is 0 Å². The lowest BCUT2D eigenvalue weighted by molar-refractivity contribution is -0.140. The number of likely N-dealkylation sites (tertiary alicyclic amines) is 1. The number of amides is 1. The Labute approximate surface area is 187 Å². The van der Waals surface area contributed by atoms with Crippen LogP contribution >= 0.6 is 0 Å². The van der Waals surface area contributed by atoms with Crippen LogP contribution < -0.4 is 9.47 Å². The molecule has 7 heteroatoms. The molecule has 0 radical (unpaired) electrons. The topological polar surface area (TPSA) is 85.3 Å². The van der Waals surface area contributed by atoms with Crippen LogP contribution in [0, 0.1) is 0 Å². The molecule has 2 unspecified atom stereocenters. The highest BCUT2D eigenvalue weighted by Gasteiger charge is 2.47. The Bertz CT molecular complexity index is 1030. The van der Waals surface area contributed by atoms with Gasteiger partial charge < -0.3 is 24.2 Å². The summed E-state index contributed by atoms with van der Waals surface area (Å²) >= 11 is 0. The number of nitrogens with zero attached hydrogens (tertiary/aromatic N) is 1. The number of benzene rings is 2. The molecule has 2 aromatic rings. The molecule has 2 saturated heterocycles. The van der Waals surface area contributed by atoms with Gasteiger partial charge in [-0.1, -0.05) is 36.4 Å². The van der Waals surface area contributed by atoms with Crippen molar-refractivity contribution in [2.45, 2.75) is 31.9 Å². The Balaban J connectivity index is 1.83. The highest BCUT2D eigenvalue weighted by atomic mass is 16.5. The standard InChI is InChI=1S/C25H27NO6/c1-3-31-19-12-11-17(14-20(19)30-2)22-21(23(27)16-8-5-4-6-9-16)24(28)25(29)26(22)15-18-10-7-13-32-18/h4-6,8-9,11-12,14,18,22,27H,3,7,10,13,15H2,1-2H3/b23-21-. The summed E-state index contributed by atoms with van der Waals surface area (Å²) in [6.07, 6.45) is 1.60. The maximum Gasteiger partial charge on any atom is 0.295 e. The van der Waals surface area contributed by atoms with Crippen molar-refractivity contribution in [1.82, 2.24) is 4.90 Å². The molecule has 0 bridgehead atoms. The van der Waals surface area contributed by atoms with E-state index in [1.54, 1.807) is 42.5 Å².